The van der Waals surface area contributed by atoms with E-state index in [0.717, 1.165) is 56.4 Å². The van der Waals surface area contributed by atoms with Gasteiger partial charge in [-0.2, -0.15) is 0 Å². The van der Waals surface area contributed by atoms with Crippen molar-refractivity contribution < 1.29 is 9.59 Å². The average Bonchev–Trinajstić information content (AvgIpc) is 2.47. The van der Waals surface area contributed by atoms with Gasteiger partial charge >= 0.3 is 0 Å². The van der Waals surface area contributed by atoms with E-state index < -0.39 is 0 Å². The largest absolute Gasteiger partial charge is 0.354 e. The highest BCUT2D eigenvalue weighted by atomic mass is 16.2. The van der Waals surface area contributed by atoms with E-state index in [4.69, 9.17) is 0 Å². The third kappa shape index (κ3) is 2.55. The molecule has 2 amide bonds. The van der Waals surface area contributed by atoms with Gasteiger partial charge in [-0.1, -0.05) is 0 Å². The van der Waals surface area contributed by atoms with Crippen LogP contribution in [0.1, 0.15) is 57.8 Å². The minimum absolute atomic E-state index is 0.0549. The Morgan fingerprint density at radius 1 is 1.09 bits per heavy atom. The maximum Gasteiger partial charge on any atom is 0.226 e. The molecule has 0 spiro atoms. The van der Waals surface area contributed by atoms with Crippen molar-refractivity contribution in [3.8, 4) is 0 Å². The lowest BCUT2D eigenvalue weighted by molar-refractivity contribution is -0.146. The van der Waals surface area contributed by atoms with E-state index in [1.54, 1.807) is 0 Å². The van der Waals surface area contributed by atoms with Gasteiger partial charge in [-0.05, 0) is 69.1 Å². The maximum atomic E-state index is 12.8. The lowest BCUT2D eigenvalue weighted by Crippen LogP contribution is -2.54. The van der Waals surface area contributed by atoms with Crippen LogP contribution in [0.25, 0.3) is 0 Å². The smallest absolute Gasteiger partial charge is 0.226 e. The SMILES string of the molecule is O=C1CCCCN1CCNC(=O)C12CC3CC(CC(C3)C1)C2. The molecule has 0 atom stereocenters. The lowest BCUT2D eigenvalue weighted by Gasteiger charge is -2.55. The molecule has 4 bridgehead atoms. The summed E-state index contributed by atoms with van der Waals surface area (Å²) in [6, 6.07) is 0. The molecule has 0 unspecified atom stereocenters. The van der Waals surface area contributed by atoms with Crippen LogP contribution in [-0.2, 0) is 9.59 Å². The van der Waals surface area contributed by atoms with Gasteiger partial charge in [-0.3, -0.25) is 9.59 Å². The summed E-state index contributed by atoms with van der Waals surface area (Å²) in [5.41, 5.74) is -0.0549. The fourth-order valence-corrected chi connectivity index (χ4v) is 5.98. The summed E-state index contributed by atoms with van der Waals surface area (Å²) >= 11 is 0. The molecule has 1 heterocycles. The molecule has 1 N–H and O–H groups in total. The van der Waals surface area contributed by atoms with Crippen LogP contribution in [0, 0.1) is 23.2 Å². The van der Waals surface area contributed by atoms with Crippen molar-refractivity contribution in [2.45, 2.75) is 57.8 Å². The molecule has 4 saturated carbocycles. The summed E-state index contributed by atoms with van der Waals surface area (Å²) in [5, 5.41) is 3.17. The number of amides is 2. The summed E-state index contributed by atoms with van der Waals surface area (Å²) in [5.74, 6) is 2.97. The van der Waals surface area contributed by atoms with Gasteiger partial charge in [0.15, 0.2) is 0 Å². The Bertz CT molecular complexity index is 438. The summed E-state index contributed by atoms with van der Waals surface area (Å²) < 4.78 is 0. The monoisotopic (exact) mass is 304 g/mol. The van der Waals surface area contributed by atoms with Crippen molar-refractivity contribution in [2.24, 2.45) is 23.2 Å². The molecule has 4 heteroatoms. The predicted octanol–water partition coefficient (Wildman–Crippen LogP) is 2.33. The number of hydrogen-bond acceptors (Lipinski definition) is 2. The Hall–Kier alpha value is -1.06. The van der Waals surface area contributed by atoms with Crippen LogP contribution in [0.3, 0.4) is 0 Å². The van der Waals surface area contributed by atoms with Crippen LogP contribution in [0.2, 0.25) is 0 Å². The standard InChI is InChI=1S/C18H28N2O2/c21-16-3-1-2-5-20(16)6-4-19-17(22)18-10-13-7-14(11-18)9-15(8-13)12-18/h13-15H,1-12H2,(H,19,22). The number of hydrogen-bond donors (Lipinski definition) is 1. The molecule has 122 valence electrons. The second-order valence-electron chi connectivity index (χ2n) is 8.29. The van der Waals surface area contributed by atoms with E-state index >= 15 is 0 Å². The molecular weight excluding hydrogens is 276 g/mol. The minimum atomic E-state index is -0.0549. The van der Waals surface area contributed by atoms with Gasteiger partial charge in [0.25, 0.3) is 0 Å². The summed E-state index contributed by atoms with van der Waals surface area (Å²) in [4.78, 5) is 26.5. The quantitative estimate of drug-likeness (QED) is 0.866. The molecule has 5 rings (SSSR count). The fraction of sp³-hybridized carbons (Fsp3) is 0.889. The van der Waals surface area contributed by atoms with E-state index in [9.17, 15) is 9.59 Å². The highest BCUT2D eigenvalue weighted by Crippen LogP contribution is 2.60. The first-order chi connectivity index (χ1) is 10.6. The Morgan fingerprint density at radius 3 is 2.32 bits per heavy atom. The molecule has 0 aromatic heterocycles. The number of piperidine rings is 1. The van der Waals surface area contributed by atoms with Gasteiger partial charge in [-0.25, -0.2) is 0 Å². The van der Waals surface area contributed by atoms with Crippen LogP contribution in [0.4, 0.5) is 0 Å². The second-order valence-corrected chi connectivity index (χ2v) is 8.29. The zero-order valence-electron chi connectivity index (χ0n) is 13.5. The number of carbonyl (C=O) groups is 2. The molecule has 4 aliphatic carbocycles. The van der Waals surface area contributed by atoms with Crippen molar-refractivity contribution in [3.63, 3.8) is 0 Å². The Morgan fingerprint density at radius 2 is 1.73 bits per heavy atom. The highest BCUT2D eigenvalue weighted by molar-refractivity contribution is 5.83. The molecule has 5 fully saturated rings. The number of likely N-dealkylation sites (tertiary alicyclic amines) is 1. The van der Waals surface area contributed by atoms with Crippen molar-refractivity contribution in [2.75, 3.05) is 19.6 Å². The maximum absolute atomic E-state index is 12.8. The van der Waals surface area contributed by atoms with Gasteiger partial charge in [0.1, 0.15) is 0 Å². The Labute approximate surface area is 133 Å². The average molecular weight is 304 g/mol. The number of carbonyl (C=O) groups excluding carboxylic acids is 2. The van der Waals surface area contributed by atoms with Gasteiger partial charge in [0.2, 0.25) is 11.8 Å². The molecule has 0 aromatic carbocycles. The normalized spacial score (nSPS) is 40.1. The predicted molar refractivity (Wildman–Crippen MR) is 84.0 cm³/mol. The molecule has 1 saturated heterocycles. The Balaban J connectivity index is 1.32. The minimum Gasteiger partial charge on any atom is -0.354 e. The third-order valence-corrected chi connectivity index (χ3v) is 6.61. The van der Waals surface area contributed by atoms with Gasteiger partial charge in [-0.15, -0.1) is 0 Å². The van der Waals surface area contributed by atoms with Gasteiger partial charge in [0, 0.05) is 31.5 Å². The van der Waals surface area contributed by atoms with E-state index in [1.165, 1.54) is 19.3 Å². The van der Waals surface area contributed by atoms with Crippen molar-refractivity contribution in [1.29, 1.82) is 0 Å². The van der Waals surface area contributed by atoms with Crippen molar-refractivity contribution >= 4 is 11.8 Å². The van der Waals surface area contributed by atoms with E-state index in [0.29, 0.717) is 19.5 Å². The molecular formula is C18H28N2O2. The number of nitrogens with zero attached hydrogens (tertiary/aromatic N) is 1. The van der Waals surface area contributed by atoms with Crippen molar-refractivity contribution in [1.82, 2.24) is 10.2 Å². The first kappa shape index (κ1) is 14.5. The molecule has 22 heavy (non-hydrogen) atoms. The molecule has 4 nitrogen and oxygen atoms in total. The van der Waals surface area contributed by atoms with Crippen LogP contribution >= 0.6 is 0 Å². The molecule has 0 aromatic rings. The van der Waals surface area contributed by atoms with E-state index in [1.807, 2.05) is 4.90 Å². The topological polar surface area (TPSA) is 49.4 Å². The molecule has 1 aliphatic heterocycles. The first-order valence-electron chi connectivity index (χ1n) is 9.21. The van der Waals surface area contributed by atoms with Crippen LogP contribution in [0.5, 0.6) is 0 Å². The summed E-state index contributed by atoms with van der Waals surface area (Å²) in [7, 11) is 0. The van der Waals surface area contributed by atoms with E-state index in [2.05, 4.69) is 5.32 Å². The highest BCUT2D eigenvalue weighted by Gasteiger charge is 2.54. The zero-order valence-corrected chi connectivity index (χ0v) is 13.5. The third-order valence-electron chi connectivity index (χ3n) is 6.61. The van der Waals surface area contributed by atoms with Gasteiger partial charge in [0.05, 0.1) is 0 Å². The fourth-order valence-electron chi connectivity index (χ4n) is 5.98. The Kier molecular flexibility index (Phi) is 3.66. The lowest BCUT2D eigenvalue weighted by atomic mass is 9.49. The van der Waals surface area contributed by atoms with Crippen LogP contribution in [0.15, 0.2) is 0 Å². The number of rotatable bonds is 4. The molecule has 0 radical (unpaired) electrons. The summed E-state index contributed by atoms with van der Waals surface area (Å²) in [6.45, 7) is 2.19. The van der Waals surface area contributed by atoms with E-state index in [-0.39, 0.29) is 17.2 Å². The number of nitrogens with one attached hydrogen (secondary N) is 1. The first-order valence-corrected chi connectivity index (χ1v) is 9.21. The zero-order chi connectivity index (χ0) is 15.2. The van der Waals surface area contributed by atoms with Crippen LogP contribution < -0.4 is 5.32 Å². The molecule has 5 aliphatic rings. The second kappa shape index (κ2) is 5.54. The summed E-state index contributed by atoms with van der Waals surface area (Å²) in [6.07, 6.45) is 10.3. The van der Waals surface area contributed by atoms with Crippen molar-refractivity contribution in [3.05, 3.63) is 0 Å². The van der Waals surface area contributed by atoms with Crippen LogP contribution in [-0.4, -0.2) is 36.3 Å². The van der Waals surface area contributed by atoms with Gasteiger partial charge < -0.3 is 10.2 Å².